The van der Waals surface area contributed by atoms with Crippen molar-refractivity contribution in [3.63, 3.8) is 0 Å². The van der Waals surface area contributed by atoms with E-state index >= 15 is 0 Å². The fourth-order valence-electron chi connectivity index (χ4n) is 3.82. The van der Waals surface area contributed by atoms with Crippen LogP contribution in [-0.4, -0.2) is 25.0 Å². The second kappa shape index (κ2) is 7.94. The summed E-state index contributed by atoms with van der Waals surface area (Å²) in [5, 5.41) is 3.80. The highest BCUT2D eigenvalue weighted by Gasteiger charge is 2.24. The van der Waals surface area contributed by atoms with E-state index < -0.39 is 5.63 Å². The molecule has 0 bridgehead atoms. The minimum absolute atomic E-state index is 0.0888. The van der Waals surface area contributed by atoms with Crippen LogP contribution >= 0.6 is 0 Å². The first-order valence-electron chi connectivity index (χ1n) is 9.67. The van der Waals surface area contributed by atoms with Crippen LogP contribution < -0.4 is 15.8 Å². The van der Waals surface area contributed by atoms with Gasteiger partial charge in [0.05, 0.1) is 0 Å². The molecule has 1 saturated carbocycles. The van der Waals surface area contributed by atoms with Crippen LogP contribution in [0.4, 0.5) is 5.69 Å². The quantitative estimate of drug-likeness (QED) is 0.824. The molecule has 1 aromatic heterocycles. The first kappa shape index (κ1) is 18.5. The third-order valence-electron chi connectivity index (χ3n) is 5.52. The number of hydrogen-bond donors (Lipinski definition) is 1. The van der Waals surface area contributed by atoms with Crippen LogP contribution in [0, 0.1) is 5.92 Å². The molecule has 5 heteroatoms. The molecule has 1 amide bonds. The normalized spacial score (nSPS) is 20.1. The van der Waals surface area contributed by atoms with Crippen molar-refractivity contribution in [2.45, 2.75) is 52.5 Å². The zero-order valence-electron chi connectivity index (χ0n) is 15.9. The highest BCUT2D eigenvalue weighted by atomic mass is 16.4. The Morgan fingerprint density at radius 1 is 1.19 bits per heavy atom. The molecule has 1 N–H and O–H groups in total. The lowest BCUT2D eigenvalue weighted by atomic mass is 9.86. The van der Waals surface area contributed by atoms with Crippen LogP contribution in [0.25, 0.3) is 11.0 Å². The van der Waals surface area contributed by atoms with Crippen molar-refractivity contribution in [3.05, 3.63) is 40.2 Å². The van der Waals surface area contributed by atoms with Gasteiger partial charge in [-0.3, -0.25) is 4.79 Å². The summed E-state index contributed by atoms with van der Waals surface area (Å²) in [5.41, 5.74) is 1.04. The maximum absolute atomic E-state index is 12.6. The summed E-state index contributed by atoms with van der Waals surface area (Å²) in [6, 6.07) is 7.56. The Hall–Kier alpha value is -2.30. The molecule has 140 valence electrons. The third kappa shape index (κ3) is 3.76. The number of nitrogens with one attached hydrogen (secondary N) is 1. The highest BCUT2D eigenvalue weighted by Crippen LogP contribution is 2.25. The van der Waals surface area contributed by atoms with Crippen molar-refractivity contribution in [3.8, 4) is 0 Å². The Morgan fingerprint density at radius 3 is 2.62 bits per heavy atom. The molecule has 1 fully saturated rings. The minimum Gasteiger partial charge on any atom is -0.422 e. The SMILES string of the molecule is CCN(CC)c1ccc2cc(C(=O)N[C@@H]3CCCC[C@@H]3C)c(=O)oc2c1. The molecule has 1 aromatic carbocycles. The van der Waals surface area contributed by atoms with Crippen molar-refractivity contribution in [2.24, 2.45) is 5.92 Å². The Morgan fingerprint density at radius 2 is 1.92 bits per heavy atom. The molecule has 26 heavy (non-hydrogen) atoms. The maximum Gasteiger partial charge on any atom is 0.349 e. The predicted octanol–water partition coefficient (Wildman–Crippen LogP) is 3.95. The fourth-order valence-corrected chi connectivity index (χ4v) is 3.82. The van der Waals surface area contributed by atoms with Crippen LogP contribution in [0.5, 0.6) is 0 Å². The zero-order valence-corrected chi connectivity index (χ0v) is 15.9. The van der Waals surface area contributed by atoms with Gasteiger partial charge in [0, 0.05) is 36.3 Å². The summed E-state index contributed by atoms with van der Waals surface area (Å²) in [4.78, 5) is 27.2. The van der Waals surface area contributed by atoms with Gasteiger partial charge in [-0.05, 0) is 50.8 Å². The van der Waals surface area contributed by atoms with Crippen molar-refractivity contribution >= 4 is 22.6 Å². The average Bonchev–Trinajstić information content (AvgIpc) is 2.64. The largest absolute Gasteiger partial charge is 0.422 e. The summed E-state index contributed by atoms with van der Waals surface area (Å²) in [6.45, 7) is 8.09. The summed E-state index contributed by atoms with van der Waals surface area (Å²) >= 11 is 0. The van der Waals surface area contributed by atoms with Gasteiger partial charge in [-0.1, -0.05) is 19.8 Å². The van der Waals surface area contributed by atoms with Crippen molar-refractivity contribution < 1.29 is 9.21 Å². The first-order chi connectivity index (χ1) is 12.5. The number of nitrogens with zero attached hydrogens (tertiary/aromatic N) is 1. The number of rotatable bonds is 5. The van der Waals surface area contributed by atoms with Crippen LogP contribution in [0.15, 0.2) is 33.5 Å². The predicted molar refractivity (Wildman–Crippen MR) is 105 cm³/mol. The van der Waals surface area contributed by atoms with E-state index in [9.17, 15) is 9.59 Å². The average molecular weight is 356 g/mol. The van der Waals surface area contributed by atoms with Crippen molar-refractivity contribution in [1.29, 1.82) is 0 Å². The van der Waals surface area contributed by atoms with Crippen molar-refractivity contribution in [1.82, 2.24) is 5.32 Å². The summed E-state index contributed by atoms with van der Waals surface area (Å²) < 4.78 is 5.47. The van der Waals surface area contributed by atoms with E-state index in [-0.39, 0.29) is 17.5 Å². The van der Waals surface area contributed by atoms with E-state index in [2.05, 4.69) is 31.0 Å². The molecule has 0 aliphatic heterocycles. The lowest BCUT2D eigenvalue weighted by Crippen LogP contribution is -2.42. The molecular formula is C21H28N2O3. The van der Waals surface area contributed by atoms with E-state index in [1.165, 1.54) is 6.42 Å². The summed E-state index contributed by atoms with van der Waals surface area (Å²) in [6.07, 6.45) is 4.42. The van der Waals surface area contributed by atoms with Gasteiger partial charge >= 0.3 is 5.63 Å². The molecular weight excluding hydrogens is 328 g/mol. The number of anilines is 1. The molecule has 2 atom stereocenters. The van der Waals surface area contributed by atoms with Gasteiger partial charge in [-0.2, -0.15) is 0 Å². The minimum atomic E-state index is -0.574. The topological polar surface area (TPSA) is 62.6 Å². The molecule has 0 unspecified atom stereocenters. The second-order valence-electron chi connectivity index (χ2n) is 7.18. The number of fused-ring (bicyclic) bond motifs is 1. The molecule has 5 nitrogen and oxygen atoms in total. The lowest BCUT2D eigenvalue weighted by Gasteiger charge is -2.29. The Bertz CT molecular complexity index is 839. The monoisotopic (exact) mass is 356 g/mol. The van der Waals surface area contributed by atoms with E-state index in [4.69, 9.17) is 4.42 Å². The Labute approximate surface area is 154 Å². The smallest absolute Gasteiger partial charge is 0.349 e. The van der Waals surface area contributed by atoms with Crippen molar-refractivity contribution in [2.75, 3.05) is 18.0 Å². The molecule has 1 heterocycles. The van der Waals surface area contributed by atoms with Gasteiger partial charge in [-0.25, -0.2) is 4.79 Å². The molecule has 0 spiro atoms. The molecule has 3 rings (SSSR count). The molecule has 1 aliphatic carbocycles. The van der Waals surface area contributed by atoms with E-state index in [1.807, 2.05) is 18.2 Å². The van der Waals surface area contributed by atoms with Gasteiger partial charge in [0.1, 0.15) is 11.1 Å². The van der Waals surface area contributed by atoms with Crippen LogP contribution in [0.3, 0.4) is 0 Å². The number of benzene rings is 1. The van der Waals surface area contributed by atoms with Gasteiger partial charge in [0.2, 0.25) is 0 Å². The Kier molecular flexibility index (Phi) is 5.64. The molecule has 1 aliphatic rings. The molecule has 0 saturated heterocycles. The Balaban J connectivity index is 1.87. The van der Waals surface area contributed by atoms with Crippen LogP contribution in [0.1, 0.15) is 56.8 Å². The van der Waals surface area contributed by atoms with Gasteiger partial charge in [0.15, 0.2) is 0 Å². The van der Waals surface area contributed by atoms with E-state index in [0.717, 1.165) is 43.4 Å². The summed E-state index contributed by atoms with van der Waals surface area (Å²) in [7, 11) is 0. The lowest BCUT2D eigenvalue weighted by molar-refractivity contribution is 0.0906. The van der Waals surface area contributed by atoms with Crippen LogP contribution in [0.2, 0.25) is 0 Å². The van der Waals surface area contributed by atoms with Gasteiger partial charge < -0.3 is 14.6 Å². The number of carbonyl (C=O) groups is 1. The molecule has 0 radical (unpaired) electrons. The maximum atomic E-state index is 12.6. The zero-order chi connectivity index (χ0) is 18.7. The first-order valence-corrected chi connectivity index (χ1v) is 9.67. The fraction of sp³-hybridized carbons (Fsp3) is 0.524. The van der Waals surface area contributed by atoms with E-state index in [0.29, 0.717) is 11.5 Å². The highest BCUT2D eigenvalue weighted by molar-refractivity contribution is 5.97. The van der Waals surface area contributed by atoms with E-state index in [1.54, 1.807) is 6.07 Å². The number of hydrogen-bond acceptors (Lipinski definition) is 4. The number of amides is 1. The summed E-state index contributed by atoms with van der Waals surface area (Å²) in [5.74, 6) is 0.115. The third-order valence-corrected chi connectivity index (χ3v) is 5.52. The number of carbonyl (C=O) groups excluding carboxylic acids is 1. The van der Waals surface area contributed by atoms with Gasteiger partial charge in [-0.15, -0.1) is 0 Å². The van der Waals surface area contributed by atoms with Gasteiger partial charge in [0.25, 0.3) is 5.91 Å². The molecule has 2 aromatic rings. The second-order valence-corrected chi connectivity index (χ2v) is 7.18. The standard InChI is InChI=1S/C21H28N2O3/c1-4-23(5-2)16-11-10-15-12-17(21(25)26-19(15)13-16)20(24)22-18-9-7-6-8-14(18)3/h10-14,18H,4-9H2,1-3H3,(H,22,24)/t14-,18+/m0/s1. The van der Waals surface area contributed by atoms with Crippen LogP contribution in [-0.2, 0) is 0 Å².